The number of fused-ring (bicyclic) bond motifs is 1. The van der Waals surface area contributed by atoms with E-state index in [0.29, 0.717) is 5.92 Å². The molecular formula is C24H33F3. The molecule has 1 aromatic carbocycles. The van der Waals surface area contributed by atoms with Crippen LogP contribution >= 0.6 is 0 Å². The van der Waals surface area contributed by atoms with Crippen LogP contribution < -0.4 is 0 Å². The quantitative estimate of drug-likeness (QED) is 0.492. The smallest absolute Gasteiger partial charge is 0.166 e. The zero-order valence-electron chi connectivity index (χ0n) is 16.5. The molecule has 0 N–H and O–H groups in total. The molecule has 3 heteroatoms. The van der Waals surface area contributed by atoms with Crippen LogP contribution in [-0.4, -0.2) is 0 Å². The lowest BCUT2D eigenvalue weighted by Crippen LogP contribution is -2.34. The maximum Gasteiger partial charge on any atom is 0.416 e. The maximum absolute atomic E-state index is 12.8. The first-order chi connectivity index (χ1) is 12.9. The summed E-state index contributed by atoms with van der Waals surface area (Å²) in [7, 11) is 0. The fourth-order valence-corrected chi connectivity index (χ4v) is 6.46. The van der Waals surface area contributed by atoms with Crippen molar-refractivity contribution in [1.82, 2.24) is 0 Å². The van der Waals surface area contributed by atoms with Gasteiger partial charge in [0.2, 0.25) is 0 Å². The number of rotatable bonds is 2. The molecule has 3 aliphatic rings. The molecule has 0 heterocycles. The van der Waals surface area contributed by atoms with Gasteiger partial charge < -0.3 is 0 Å². The van der Waals surface area contributed by atoms with E-state index < -0.39 is 11.7 Å². The molecule has 1 aromatic rings. The largest absolute Gasteiger partial charge is 0.416 e. The van der Waals surface area contributed by atoms with Crippen molar-refractivity contribution in [2.75, 3.05) is 0 Å². The Hall–Kier alpha value is -0.990. The van der Waals surface area contributed by atoms with E-state index in [1.54, 1.807) is 12.1 Å². The molecule has 0 aliphatic heterocycles. The maximum atomic E-state index is 12.8. The van der Waals surface area contributed by atoms with Gasteiger partial charge in [-0.3, -0.25) is 0 Å². The Bertz CT molecular complexity index is 610. The van der Waals surface area contributed by atoms with Crippen molar-refractivity contribution in [2.45, 2.75) is 83.2 Å². The Kier molecular flexibility index (Phi) is 5.58. The van der Waals surface area contributed by atoms with E-state index >= 15 is 0 Å². The summed E-state index contributed by atoms with van der Waals surface area (Å²) in [6.45, 7) is 2.42. The Morgan fingerprint density at radius 3 is 1.81 bits per heavy atom. The van der Waals surface area contributed by atoms with Gasteiger partial charge in [-0.15, -0.1) is 0 Å². The van der Waals surface area contributed by atoms with Crippen LogP contribution in [0.15, 0.2) is 24.3 Å². The van der Waals surface area contributed by atoms with E-state index in [1.165, 1.54) is 63.5 Å². The van der Waals surface area contributed by atoms with E-state index in [2.05, 4.69) is 6.92 Å². The van der Waals surface area contributed by atoms with Crippen LogP contribution in [0.1, 0.15) is 88.2 Å². The van der Waals surface area contributed by atoms with Gasteiger partial charge in [-0.1, -0.05) is 25.5 Å². The van der Waals surface area contributed by atoms with Gasteiger partial charge in [0.05, 0.1) is 5.56 Å². The molecule has 3 saturated carbocycles. The predicted octanol–water partition coefficient (Wildman–Crippen LogP) is 7.83. The molecule has 0 amide bonds. The lowest BCUT2D eigenvalue weighted by atomic mass is 9.61. The van der Waals surface area contributed by atoms with E-state index in [9.17, 15) is 13.2 Å². The van der Waals surface area contributed by atoms with Gasteiger partial charge in [-0.2, -0.15) is 13.2 Å². The third kappa shape index (κ3) is 4.38. The summed E-state index contributed by atoms with van der Waals surface area (Å²) in [6, 6.07) is 5.93. The molecule has 4 rings (SSSR count). The second-order valence-corrected chi connectivity index (χ2v) is 9.74. The Morgan fingerprint density at radius 2 is 1.19 bits per heavy atom. The highest BCUT2D eigenvalue weighted by atomic mass is 19.4. The summed E-state index contributed by atoms with van der Waals surface area (Å²) in [6.07, 6.45) is 9.25. The highest BCUT2D eigenvalue weighted by molar-refractivity contribution is 5.27. The third-order valence-electron chi connectivity index (χ3n) is 8.06. The van der Waals surface area contributed by atoms with Gasteiger partial charge in [0.1, 0.15) is 0 Å². The normalized spacial score (nSPS) is 37.6. The Balaban J connectivity index is 1.30. The number of halogens is 3. The zero-order valence-corrected chi connectivity index (χ0v) is 16.5. The van der Waals surface area contributed by atoms with Crippen molar-refractivity contribution < 1.29 is 13.2 Å². The fourth-order valence-electron chi connectivity index (χ4n) is 6.46. The molecular weight excluding hydrogens is 345 g/mol. The molecule has 4 atom stereocenters. The van der Waals surface area contributed by atoms with Crippen LogP contribution in [0.3, 0.4) is 0 Å². The second-order valence-electron chi connectivity index (χ2n) is 9.74. The summed E-state index contributed by atoms with van der Waals surface area (Å²) >= 11 is 0. The topological polar surface area (TPSA) is 0 Å². The molecule has 3 fully saturated rings. The molecule has 0 bridgehead atoms. The standard InChI is InChI=1S/C24H33F3/c1-16-2-3-22-15-21(9-8-20(22)14-16)19-6-4-17(5-7-19)18-10-12-23(13-11-18)24(25,26)27/h10-13,16-17,19-22H,2-9,14-15H2,1H3. The predicted molar refractivity (Wildman–Crippen MR) is 103 cm³/mol. The van der Waals surface area contributed by atoms with Crippen molar-refractivity contribution in [3.8, 4) is 0 Å². The lowest BCUT2D eigenvalue weighted by Gasteiger charge is -2.45. The number of hydrogen-bond donors (Lipinski definition) is 0. The first-order valence-electron chi connectivity index (χ1n) is 11.1. The molecule has 3 aliphatic carbocycles. The second kappa shape index (κ2) is 7.79. The molecule has 0 saturated heterocycles. The molecule has 0 spiro atoms. The van der Waals surface area contributed by atoms with Crippen LogP contribution in [0.25, 0.3) is 0 Å². The SMILES string of the molecule is CC1CCC2CC(C3CCC(c4ccc(C(F)(F)F)cc4)CC3)CCC2C1. The summed E-state index contributed by atoms with van der Waals surface area (Å²) < 4.78 is 38.3. The fraction of sp³-hybridized carbons (Fsp3) is 0.750. The van der Waals surface area contributed by atoms with Crippen molar-refractivity contribution >= 4 is 0 Å². The van der Waals surface area contributed by atoms with Gasteiger partial charge in [0, 0.05) is 0 Å². The summed E-state index contributed by atoms with van der Waals surface area (Å²) in [5, 5.41) is 0. The van der Waals surface area contributed by atoms with Crippen LogP contribution in [-0.2, 0) is 6.18 Å². The highest BCUT2D eigenvalue weighted by Crippen LogP contribution is 2.49. The monoisotopic (exact) mass is 378 g/mol. The average molecular weight is 379 g/mol. The van der Waals surface area contributed by atoms with Crippen LogP contribution in [0.5, 0.6) is 0 Å². The average Bonchev–Trinajstić information content (AvgIpc) is 2.67. The highest BCUT2D eigenvalue weighted by Gasteiger charge is 2.38. The van der Waals surface area contributed by atoms with E-state index in [0.717, 1.165) is 48.0 Å². The molecule has 0 aromatic heterocycles. The summed E-state index contributed by atoms with van der Waals surface area (Å²) in [4.78, 5) is 0. The van der Waals surface area contributed by atoms with E-state index in [1.807, 2.05) is 0 Å². The minimum atomic E-state index is -4.23. The Labute approximate surface area is 161 Å². The number of alkyl halides is 3. The third-order valence-corrected chi connectivity index (χ3v) is 8.06. The number of hydrogen-bond acceptors (Lipinski definition) is 0. The zero-order chi connectivity index (χ0) is 19.0. The lowest BCUT2D eigenvalue weighted by molar-refractivity contribution is -0.137. The van der Waals surface area contributed by atoms with E-state index in [4.69, 9.17) is 0 Å². The van der Waals surface area contributed by atoms with Crippen molar-refractivity contribution in [3.05, 3.63) is 35.4 Å². The van der Waals surface area contributed by atoms with Gasteiger partial charge >= 0.3 is 6.18 Å². The molecule has 27 heavy (non-hydrogen) atoms. The summed E-state index contributed by atoms with van der Waals surface area (Å²) in [5.74, 6) is 5.13. The van der Waals surface area contributed by atoms with Crippen molar-refractivity contribution in [1.29, 1.82) is 0 Å². The van der Waals surface area contributed by atoms with Gasteiger partial charge in [0.15, 0.2) is 0 Å². The molecule has 0 radical (unpaired) electrons. The van der Waals surface area contributed by atoms with Crippen LogP contribution in [0, 0.1) is 29.6 Å². The van der Waals surface area contributed by atoms with Crippen molar-refractivity contribution in [2.24, 2.45) is 29.6 Å². The first kappa shape index (κ1) is 19.3. The van der Waals surface area contributed by atoms with Crippen molar-refractivity contribution in [3.63, 3.8) is 0 Å². The molecule has 4 unspecified atom stereocenters. The minimum Gasteiger partial charge on any atom is -0.166 e. The first-order valence-corrected chi connectivity index (χ1v) is 11.1. The number of benzene rings is 1. The molecule has 0 nitrogen and oxygen atoms in total. The molecule has 150 valence electrons. The Morgan fingerprint density at radius 1 is 0.667 bits per heavy atom. The van der Waals surface area contributed by atoms with E-state index in [-0.39, 0.29) is 0 Å². The van der Waals surface area contributed by atoms with Gasteiger partial charge in [-0.25, -0.2) is 0 Å². The van der Waals surface area contributed by atoms with Crippen LogP contribution in [0.2, 0.25) is 0 Å². The van der Waals surface area contributed by atoms with Crippen LogP contribution in [0.4, 0.5) is 13.2 Å². The van der Waals surface area contributed by atoms with Gasteiger partial charge in [0.25, 0.3) is 0 Å². The minimum absolute atomic E-state index is 0.454. The van der Waals surface area contributed by atoms with Gasteiger partial charge in [-0.05, 0) is 111 Å². The summed E-state index contributed by atoms with van der Waals surface area (Å²) in [5.41, 5.74) is 0.574.